The van der Waals surface area contributed by atoms with Crippen LogP contribution in [0.2, 0.25) is 0 Å². The van der Waals surface area contributed by atoms with E-state index < -0.39 is 0 Å². The van der Waals surface area contributed by atoms with Crippen molar-refractivity contribution in [3.8, 4) is 35.1 Å². The quantitative estimate of drug-likeness (QED) is 0.286. The normalized spacial score (nSPS) is 9.88. The average Bonchev–Trinajstić information content (AvgIpc) is 2.83. The van der Waals surface area contributed by atoms with Crippen LogP contribution in [0.5, 0.6) is 0 Å². The predicted molar refractivity (Wildman–Crippen MR) is 134 cm³/mol. The fraction of sp³-hybridized carbons (Fsp3) is 0.0690. The molecule has 0 bridgehead atoms. The van der Waals surface area contributed by atoms with E-state index in [0.29, 0.717) is 0 Å². The van der Waals surface area contributed by atoms with Gasteiger partial charge in [-0.15, -0.1) is 0 Å². The van der Waals surface area contributed by atoms with Crippen LogP contribution in [0, 0.1) is 30.6 Å². The van der Waals surface area contributed by atoms with Crippen molar-refractivity contribution in [3.05, 3.63) is 113 Å². The number of carbonyl (C=O) groups is 1. The van der Waals surface area contributed by atoms with Crippen molar-refractivity contribution in [3.63, 3.8) is 0 Å². The third-order valence-corrected chi connectivity index (χ3v) is 5.41. The highest BCUT2D eigenvalue weighted by Gasteiger charge is 2.02. The van der Waals surface area contributed by atoms with E-state index in [2.05, 4.69) is 33.6 Å². The van der Waals surface area contributed by atoms with Crippen LogP contribution in [-0.4, -0.2) is 15.1 Å². The molecule has 0 aliphatic rings. The Morgan fingerprint density at radius 2 is 1.30 bits per heavy atom. The van der Waals surface area contributed by atoms with Crippen LogP contribution in [-0.2, 0) is 4.79 Å². The number of aromatic nitrogens is 2. The van der Waals surface area contributed by atoms with Gasteiger partial charge in [0.15, 0.2) is 5.12 Å². The van der Waals surface area contributed by atoms with Gasteiger partial charge in [0.2, 0.25) is 0 Å². The van der Waals surface area contributed by atoms with E-state index >= 15 is 0 Å². The second-order valence-electron chi connectivity index (χ2n) is 7.29. The number of pyridine rings is 2. The minimum atomic E-state index is 0.0738. The minimum absolute atomic E-state index is 0.0738. The lowest BCUT2D eigenvalue weighted by Gasteiger charge is -2.01. The molecule has 0 amide bonds. The van der Waals surface area contributed by atoms with Gasteiger partial charge < -0.3 is 0 Å². The number of hydrogen-bond donors (Lipinski definition) is 0. The molecule has 0 spiro atoms. The summed E-state index contributed by atoms with van der Waals surface area (Å²) in [5, 5.41) is 0.0738. The summed E-state index contributed by atoms with van der Waals surface area (Å²) in [6.45, 7) is 3.52. The summed E-state index contributed by atoms with van der Waals surface area (Å²) in [5.74, 6) is 12.7. The van der Waals surface area contributed by atoms with Crippen molar-refractivity contribution in [2.24, 2.45) is 0 Å². The van der Waals surface area contributed by atoms with E-state index in [0.717, 1.165) is 44.2 Å². The van der Waals surface area contributed by atoms with Gasteiger partial charge in [-0.25, -0.2) is 0 Å². The van der Waals surface area contributed by atoms with E-state index in [1.54, 1.807) is 13.1 Å². The first-order valence-corrected chi connectivity index (χ1v) is 11.2. The zero-order valence-corrected chi connectivity index (χ0v) is 19.1. The Morgan fingerprint density at radius 1 is 0.727 bits per heavy atom. The molecular formula is C29H20N2OS. The average molecular weight is 445 g/mol. The Morgan fingerprint density at radius 3 is 1.88 bits per heavy atom. The van der Waals surface area contributed by atoms with Gasteiger partial charge in [-0.05, 0) is 79.7 Å². The zero-order valence-electron chi connectivity index (χ0n) is 18.3. The molecule has 3 nitrogen and oxygen atoms in total. The number of carbonyl (C=O) groups excluding carboxylic acids is 1. The Hall–Kier alpha value is -4.12. The summed E-state index contributed by atoms with van der Waals surface area (Å²) in [4.78, 5) is 21.0. The summed E-state index contributed by atoms with van der Waals surface area (Å²) in [7, 11) is 0. The predicted octanol–water partition coefficient (Wildman–Crippen LogP) is 5.89. The molecule has 0 N–H and O–H groups in total. The van der Waals surface area contributed by atoms with E-state index in [1.165, 1.54) is 11.8 Å². The molecule has 0 saturated heterocycles. The second kappa shape index (κ2) is 10.5. The molecular weight excluding hydrogens is 424 g/mol. The molecule has 0 radical (unpaired) electrons. The molecule has 0 fully saturated rings. The van der Waals surface area contributed by atoms with Crippen molar-refractivity contribution in [1.82, 2.24) is 9.97 Å². The second-order valence-corrected chi connectivity index (χ2v) is 8.54. The van der Waals surface area contributed by atoms with Gasteiger partial charge in [0.1, 0.15) is 0 Å². The summed E-state index contributed by atoms with van der Waals surface area (Å²) < 4.78 is 0. The van der Waals surface area contributed by atoms with Gasteiger partial charge >= 0.3 is 0 Å². The molecule has 0 aliphatic heterocycles. The third kappa shape index (κ3) is 6.43. The van der Waals surface area contributed by atoms with E-state index in [4.69, 9.17) is 0 Å². The number of hydrogen-bond acceptors (Lipinski definition) is 4. The highest BCUT2D eigenvalue weighted by molar-refractivity contribution is 8.13. The maximum absolute atomic E-state index is 11.2. The Balaban J connectivity index is 1.45. The summed E-state index contributed by atoms with van der Waals surface area (Å²) >= 11 is 1.22. The molecule has 2 aromatic carbocycles. The van der Waals surface area contributed by atoms with Crippen molar-refractivity contribution in [1.29, 1.82) is 0 Å². The van der Waals surface area contributed by atoms with Crippen molar-refractivity contribution in [2.45, 2.75) is 18.7 Å². The maximum atomic E-state index is 11.2. The summed E-state index contributed by atoms with van der Waals surface area (Å²) in [6.07, 6.45) is 1.76. The van der Waals surface area contributed by atoms with Crippen molar-refractivity contribution in [2.75, 3.05) is 0 Å². The first-order valence-electron chi connectivity index (χ1n) is 10.4. The van der Waals surface area contributed by atoms with E-state index in [1.807, 2.05) is 85.8 Å². The van der Waals surface area contributed by atoms with Gasteiger partial charge in [0.05, 0.1) is 11.4 Å². The van der Waals surface area contributed by atoms with E-state index in [-0.39, 0.29) is 5.12 Å². The van der Waals surface area contributed by atoms with Gasteiger partial charge in [-0.2, -0.15) is 0 Å². The number of benzene rings is 2. The lowest BCUT2D eigenvalue weighted by Crippen LogP contribution is -1.90. The maximum Gasteiger partial charge on any atom is 0.190 e. The van der Waals surface area contributed by atoms with Crippen LogP contribution < -0.4 is 0 Å². The van der Waals surface area contributed by atoms with Crippen molar-refractivity contribution >= 4 is 16.9 Å². The molecule has 4 aromatic rings. The first-order chi connectivity index (χ1) is 16.0. The van der Waals surface area contributed by atoms with Crippen LogP contribution in [0.25, 0.3) is 11.4 Å². The molecule has 4 rings (SSSR count). The molecule has 4 heteroatoms. The summed E-state index contributed by atoms with van der Waals surface area (Å²) in [6, 6.07) is 25.3. The Bertz CT molecular complexity index is 1420. The van der Waals surface area contributed by atoms with Crippen LogP contribution in [0.4, 0.5) is 0 Å². The number of aryl methyl sites for hydroxylation is 1. The molecule has 158 valence electrons. The SMILES string of the molecule is CC(=O)Sc1ccc(C#Cc2ccc(C#Cc3ccnc(-c4cccc(C)n4)c3)cc2)cc1. The fourth-order valence-electron chi connectivity index (χ4n) is 3.03. The smallest absolute Gasteiger partial charge is 0.190 e. The Kier molecular flexibility index (Phi) is 7.00. The lowest BCUT2D eigenvalue weighted by atomic mass is 10.1. The highest BCUT2D eigenvalue weighted by atomic mass is 32.2. The van der Waals surface area contributed by atoms with Gasteiger partial charge in [0.25, 0.3) is 0 Å². The molecule has 0 aliphatic carbocycles. The molecule has 0 atom stereocenters. The van der Waals surface area contributed by atoms with Crippen LogP contribution in [0.15, 0.2) is 90.0 Å². The first kappa shape index (κ1) is 22.1. The lowest BCUT2D eigenvalue weighted by molar-refractivity contribution is -0.109. The van der Waals surface area contributed by atoms with E-state index in [9.17, 15) is 4.79 Å². The fourth-order valence-corrected chi connectivity index (χ4v) is 3.64. The zero-order chi connectivity index (χ0) is 23.0. The number of nitrogens with zero attached hydrogens (tertiary/aromatic N) is 2. The largest absolute Gasteiger partial charge is 0.287 e. The van der Waals surface area contributed by atoms with Crippen LogP contribution in [0.1, 0.15) is 34.9 Å². The Labute approximate surface area is 198 Å². The standard InChI is InChI=1S/C29H20N2OS/c1-21-4-3-5-28(31-21)29-20-26(18-19-30-29)13-12-24-8-6-23(7-9-24)10-11-25-14-16-27(17-15-25)33-22(2)32/h3-9,14-20H,1-2H3. The molecule has 0 saturated carbocycles. The van der Waals surface area contributed by atoms with Gasteiger partial charge in [0, 0.05) is 46.0 Å². The molecule has 2 heterocycles. The van der Waals surface area contributed by atoms with Gasteiger partial charge in [-0.1, -0.05) is 41.5 Å². The molecule has 2 aromatic heterocycles. The summed E-state index contributed by atoms with van der Waals surface area (Å²) in [5.41, 5.74) is 6.23. The molecule has 33 heavy (non-hydrogen) atoms. The topological polar surface area (TPSA) is 42.9 Å². The third-order valence-electron chi connectivity index (χ3n) is 4.61. The number of thioether (sulfide) groups is 1. The highest BCUT2D eigenvalue weighted by Crippen LogP contribution is 2.19. The van der Waals surface area contributed by atoms with Gasteiger partial charge in [-0.3, -0.25) is 14.8 Å². The number of rotatable bonds is 2. The monoisotopic (exact) mass is 444 g/mol. The van der Waals surface area contributed by atoms with Crippen LogP contribution in [0.3, 0.4) is 0 Å². The minimum Gasteiger partial charge on any atom is -0.287 e. The van der Waals surface area contributed by atoms with Crippen LogP contribution >= 0.6 is 11.8 Å². The van der Waals surface area contributed by atoms with Crippen molar-refractivity contribution < 1.29 is 4.79 Å². The molecule has 0 unspecified atom stereocenters.